The van der Waals surface area contributed by atoms with E-state index in [1.807, 2.05) is 6.92 Å². The molecule has 0 radical (unpaired) electrons. The number of nitrogens with zero attached hydrogens (tertiary/aromatic N) is 2. The Hall–Kier alpha value is -2.89. The number of carbonyl (C=O) groups is 1. The summed E-state index contributed by atoms with van der Waals surface area (Å²) < 4.78 is 20.6. The van der Waals surface area contributed by atoms with Crippen molar-refractivity contribution >= 4 is 17.4 Å². The number of imidazole rings is 1. The van der Waals surface area contributed by atoms with Gasteiger partial charge >= 0.3 is 6.09 Å². The van der Waals surface area contributed by atoms with Gasteiger partial charge in [0.15, 0.2) is 5.82 Å². The number of nitrogens with one attached hydrogen (secondary N) is 1. The SMILES string of the molecule is Cc1cn2cc(NC(=O)Oc3ccccc3)c(F)cc2n1. The molecule has 106 valence electrons. The number of pyridine rings is 1. The first-order valence-electron chi connectivity index (χ1n) is 6.30. The molecule has 1 aromatic carbocycles. The molecule has 5 nitrogen and oxygen atoms in total. The van der Waals surface area contributed by atoms with Gasteiger partial charge in [-0.25, -0.2) is 14.2 Å². The predicted molar refractivity (Wildman–Crippen MR) is 76.0 cm³/mol. The Kier molecular flexibility index (Phi) is 3.27. The Morgan fingerprint density at radius 2 is 2.05 bits per heavy atom. The van der Waals surface area contributed by atoms with Crippen LogP contribution in [0.1, 0.15) is 5.69 Å². The van der Waals surface area contributed by atoms with Crippen LogP contribution in [-0.2, 0) is 0 Å². The van der Waals surface area contributed by atoms with E-state index in [4.69, 9.17) is 4.74 Å². The molecule has 1 N–H and O–H groups in total. The van der Waals surface area contributed by atoms with Crippen LogP contribution in [0.3, 0.4) is 0 Å². The number of fused-ring (bicyclic) bond motifs is 1. The Labute approximate surface area is 120 Å². The van der Waals surface area contributed by atoms with E-state index in [0.29, 0.717) is 11.4 Å². The lowest BCUT2D eigenvalue weighted by Gasteiger charge is -2.08. The number of anilines is 1. The third kappa shape index (κ3) is 2.84. The summed E-state index contributed by atoms with van der Waals surface area (Å²) in [4.78, 5) is 15.9. The maximum atomic E-state index is 13.9. The third-order valence-corrected chi connectivity index (χ3v) is 2.85. The first kappa shape index (κ1) is 13.1. The van der Waals surface area contributed by atoms with Crippen LogP contribution in [0.5, 0.6) is 5.75 Å². The number of benzene rings is 1. The monoisotopic (exact) mass is 285 g/mol. The summed E-state index contributed by atoms with van der Waals surface area (Å²) in [5, 5.41) is 2.38. The van der Waals surface area contributed by atoms with Gasteiger partial charge in [-0.2, -0.15) is 0 Å². The molecule has 1 amide bonds. The Morgan fingerprint density at radius 1 is 1.29 bits per heavy atom. The van der Waals surface area contributed by atoms with Gasteiger partial charge in [-0.1, -0.05) is 18.2 Å². The molecule has 3 aromatic rings. The number of halogens is 1. The summed E-state index contributed by atoms with van der Waals surface area (Å²) in [6.45, 7) is 1.81. The molecule has 0 aliphatic rings. The number of para-hydroxylation sites is 1. The Bertz CT molecular complexity index is 799. The average Bonchev–Trinajstić information content (AvgIpc) is 2.79. The fourth-order valence-corrected chi connectivity index (χ4v) is 1.96. The van der Waals surface area contributed by atoms with Crippen molar-refractivity contribution in [1.29, 1.82) is 0 Å². The molecule has 0 bridgehead atoms. The highest BCUT2D eigenvalue weighted by molar-refractivity contribution is 5.86. The molecule has 21 heavy (non-hydrogen) atoms. The summed E-state index contributed by atoms with van der Waals surface area (Å²) in [6, 6.07) is 9.81. The van der Waals surface area contributed by atoms with Crippen LogP contribution < -0.4 is 10.1 Å². The van der Waals surface area contributed by atoms with Crippen LogP contribution >= 0.6 is 0 Å². The third-order valence-electron chi connectivity index (χ3n) is 2.85. The Balaban J connectivity index is 1.80. The second-order valence-electron chi connectivity index (χ2n) is 4.51. The van der Waals surface area contributed by atoms with Crippen molar-refractivity contribution < 1.29 is 13.9 Å². The molecule has 3 rings (SSSR count). The summed E-state index contributed by atoms with van der Waals surface area (Å²) in [5.74, 6) is -0.187. The van der Waals surface area contributed by atoms with E-state index in [9.17, 15) is 9.18 Å². The molecular weight excluding hydrogens is 273 g/mol. The summed E-state index contributed by atoms with van der Waals surface area (Å²) >= 11 is 0. The molecule has 0 aliphatic heterocycles. The van der Waals surface area contributed by atoms with Gasteiger partial charge < -0.3 is 9.14 Å². The van der Waals surface area contributed by atoms with Gasteiger partial charge in [-0.05, 0) is 19.1 Å². The van der Waals surface area contributed by atoms with Crippen LogP contribution in [0.4, 0.5) is 14.9 Å². The molecule has 0 atom stereocenters. The minimum Gasteiger partial charge on any atom is -0.410 e. The maximum Gasteiger partial charge on any atom is 0.417 e. The van der Waals surface area contributed by atoms with Crippen LogP contribution in [0.15, 0.2) is 48.8 Å². The first-order chi connectivity index (χ1) is 10.1. The van der Waals surface area contributed by atoms with Gasteiger partial charge in [0.1, 0.15) is 11.4 Å². The van der Waals surface area contributed by atoms with E-state index in [1.165, 1.54) is 12.3 Å². The maximum absolute atomic E-state index is 13.9. The zero-order chi connectivity index (χ0) is 14.8. The molecule has 0 unspecified atom stereocenters. The lowest BCUT2D eigenvalue weighted by atomic mass is 10.3. The molecule has 0 saturated heterocycles. The Morgan fingerprint density at radius 3 is 2.81 bits per heavy atom. The predicted octanol–water partition coefficient (Wildman–Crippen LogP) is 3.39. The van der Waals surface area contributed by atoms with E-state index in [-0.39, 0.29) is 5.69 Å². The quantitative estimate of drug-likeness (QED) is 0.785. The van der Waals surface area contributed by atoms with Gasteiger partial charge in [0.25, 0.3) is 0 Å². The van der Waals surface area contributed by atoms with E-state index in [0.717, 1.165) is 5.69 Å². The fourth-order valence-electron chi connectivity index (χ4n) is 1.96. The molecule has 0 spiro atoms. The molecule has 0 saturated carbocycles. The smallest absolute Gasteiger partial charge is 0.410 e. The second kappa shape index (κ2) is 5.24. The number of aromatic nitrogens is 2. The van der Waals surface area contributed by atoms with E-state index < -0.39 is 11.9 Å². The summed E-state index contributed by atoms with van der Waals surface area (Å²) in [6.07, 6.45) is 2.44. The standard InChI is InChI=1S/C15H12FN3O2/c1-10-8-19-9-13(12(16)7-14(19)17-10)18-15(20)21-11-5-3-2-4-6-11/h2-9H,1H3,(H,18,20). The molecule has 2 heterocycles. The zero-order valence-corrected chi connectivity index (χ0v) is 11.2. The van der Waals surface area contributed by atoms with Gasteiger partial charge in [0.05, 0.1) is 11.4 Å². The number of hydrogen-bond acceptors (Lipinski definition) is 3. The summed E-state index contributed by atoms with van der Waals surface area (Å²) in [5.41, 5.74) is 1.27. The first-order valence-corrected chi connectivity index (χ1v) is 6.30. The second-order valence-corrected chi connectivity index (χ2v) is 4.51. The van der Waals surface area contributed by atoms with Crippen LogP contribution in [0.2, 0.25) is 0 Å². The van der Waals surface area contributed by atoms with Crippen molar-refractivity contribution in [2.45, 2.75) is 6.92 Å². The average molecular weight is 285 g/mol. The number of aryl methyl sites for hydroxylation is 1. The molecule has 2 aromatic heterocycles. The number of carbonyl (C=O) groups excluding carboxylic acids is 1. The van der Waals surface area contributed by atoms with Gasteiger partial charge in [-0.15, -0.1) is 0 Å². The minimum atomic E-state index is -0.753. The lowest BCUT2D eigenvalue weighted by Crippen LogP contribution is -2.17. The number of rotatable bonds is 2. The van der Waals surface area contributed by atoms with Crippen LogP contribution in [0, 0.1) is 12.7 Å². The molecule has 6 heteroatoms. The highest BCUT2D eigenvalue weighted by Gasteiger charge is 2.11. The van der Waals surface area contributed by atoms with Crippen molar-refractivity contribution in [3.63, 3.8) is 0 Å². The largest absolute Gasteiger partial charge is 0.417 e. The normalized spacial score (nSPS) is 10.6. The highest BCUT2D eigenvalue weighted by atomic mass is 19.1. The number of hydrogen-bond donors (Lipinski definition) is 1. The fraction of sp³-hybridized carbons (Fsp3) is 0.0667. The van der Waals surface area contributed by atoms with Crippen LogP contribution in [0.25, 0.3) is 5.65 Å². The van der Waals surface area contributed by atoms with Crippen molar-refractivity contribution in [2.75, 3.05) is 5.32 Å². The minimum absolute atomic E-state index is 0.0285. The topological polar surface area (TPSA) is 55.6 Å². The van der Waals surface area contributed by atoms with Crippen LogP contribution in [-0.4, -0.2) is 15.5 Å². The summed E-state index contributed by atoms with van der Waals surface area (Å²) in [7, 11) is 0. The molecule has 0 fully saturated rings. The van der Waals surface area contributed by atoms with E-state index in [2.05, 4.69) is 10.3 Å². The highest BCUT2D eigenvalue weighted by Crippen LogP contribution is 2.18. The zero-order valence-electron chi connectivity index (χ0n) is 11.2. The number of amides is 1. The molecule has 0 aliphatic carbocycles. The van der Waals surface area contributed by atoms with Crippen molar-refractivity contribution in [1.82, 2.24) is 9.38 Å². The van der Waals surface area contributed by atoms with Crippen molar-refractivity contribution in [3.05, 3.63) is 60.3 Å². The van der Waals surface area contributed by atoms with Crippen molar-refractivity contribution in [2.24, 2.45) is 0 Å². The van der Waals surface area contributed by atoms with Gasteiger partial charge in [0.2, 0.25) is 0 Å². The number of ether oxygens (including phenoxy) is 1. The lowest BCUT2D eigenvalue weighted by molar-refractivity contribution is 0.215. The molecular formula is C15H12FN3O2. The van der Waals surface area contributed by atoms with E-state index >= 15 is 0 Å². The van der Waals surface area contributed by atoms with Crippen molar-refractivity contribution in [3.8, 4) is 5.75 Å². The van der Waals surface area contributed by atoms with Gasteiger partial charge in [-0.3, -0.25) is 5.32 Å². The van der Waals surface area contributed by atoms with Gasteiger partial charge in [0, 0.05) is 18.5 Å². The van der Waals surface area contributed by atoms with E-state index in [1.54, 1.807) is 40.9 Å².